The normalized spacial score (nSPS) is 11.2. The lowest BCUT2D eigenvalue weighted by atomic mass is 9.81. The Morgan fingerprint density at radius 3 is 0.579 bits per heavy atom. The fraction of sp³-hybridized carbons (Fsp3) is 0.167. The molecular formula is C54H48O3. The molecule has 0 aliphatic heterocycles. The number of rotatable bonds is 18. The Labute approximate surface area is 337 Å². The van der Waals surface area contributed by atoms with Gasteiger partial charge in [0, 0.05) is 34.4 Å². The molecule has 7 aromatic carbocycles. The van der Waals surface area contributed by atoms with E-state index in [9.17, 15) is 14.4 Å². The van der Waals surface area contributed by atoms with E-state index >= 15 is 0 Å². The first-order valence-corrected chi connectivity index (χ1v) is 20.0. The molecule has 282 valence electrons. The molecule has 0 amide bonds. The van der Waals surface area contributed by atoms with Crippen molar-refractivity contribution in [3.05, 3.63) is 250 Å². The van der Waals surface area contributed by atoms with Crippen molar-refractivity contribution in [2.75, 3.05) is 0 Å². The van der Waals surface area contributed by atoms with E-state index in [4.69, 9.17) is 0 Å². The Bertz CT molecular complexity index is 1930. The molecule has 0 heterocycles. The van der Waals surface area contributed by atoms with Gasteiger partial charge in [-0.25, -0.2) is 0 Å². The number of benzene rings is 7. The third-order valence-corrected chi connectivity index (χ3v) is 10.8. The van der Waals surface area contributed by atoms with Crippen LogP contribution < -0.4 is 0 Å². The van der Waals surface area contributed by atoms with Crippen LogP contribution in [0.4, 0.5) is 0 Å². The van der Waals surface area contributed by atoms with E-state index in [1.165, 1.54) is 0 Å². The summed E-state index contributed by atoms with van der Waals surface area (Å²) in [5.74, 6) is -1.43. The minimum atomic E-state index is -0.406. The third kappa shape index (κ3) is 10.9. The minimum absolute atomic E-state index is 0.0725. The molecule has 0 aliphatic carbocycles. The molecule has 0 fully saturated rings. The lowest BCUT2D eigenvalue weighted by Crippen LogP contribution is -2.25. The van der Waals surface area contributed by atoms with Gasteiger partial charge in [0.15, 0.2) is 17.3 Å². The molecule has 0 bridgehead atoms. The quantitative estimate of drug-likeness (QED) is 0.0822. The number of hydrogen-bond donors (Lipinski definition) is 0. The van der Waals surface area contributed by atoms with Crippen molar-refractivity contribution in [1.29, 1.82) is 0 Å². The summed E-state index contributed by atoms with van der Waals surface area (Å²) >= 11 is 0. The van der Waals surface area contributed by atoms with Crippen molar-refractivity contribution < 1.29 is 14.4 Å². The highest BCUT2D eigenvalue weighted by atomic mass is 16.1. The van der Waals surface area contributed by atoms with Gasteiger partial charge < -0.3 is 0 Å². The predicted octanol–water partition coefficient (Wildman–Crippen LogP) is 11.5. The van der Waals surface area contributed by atoms with Crippen LogP contribution in [-0.2, 0) is 38.5 Å². The molecule has 57 heavy (non-hydrogen) atoms. The Hall–Kier alpha value is -6.45. The van der Waals surface area contributed by atoms with Gasteiger partial charge in [0.25, 0.3) is 0 Å². The fourth-order valence-electron chi connectivity index (χ4n) is 7.93. The van der Waals surface area contributed by atoms with Crippen LogP contribution in [0, 0.1) is 17.8 Å². The zero-order chi connectivity index (χ0) is 39.2. The summed E-state index contributed by atoms with van der Waals surface area (Å²) in [6, 6.07) is 65.7. The summed E-state index contributed by atoms with van der Waals surface area (Å²) in [4.78, 5) is 45.0. The van der Waals surface area contributed by atoms with E-state index in [0.717, 1.165) is 33.4 Å². The molecule has 0 aliphatic rings. The molecular weight excluding hydrogens is 697 g/mol. The average molecular weight is 745 g/mol. The van der Waals surface area contributed by atoms with Gasteiger partial charge >= 0.3 is 0 Å². The van der Waals surface area contributed by atoms with Crippen LogP contribution in [0.15, 0.2) is 200 Å². The van der Waals surface area contributed by atoms with Crippen molar-refractivity contribution >= 4 is 17.3 Å². The zero-order valence-corrected chi connectivity index (χ0v) is 32.3. The molecule has 0 atom stereocenters. The second kappa shape index (κ2) is 19.4. The van der Waals surface area contributed by atoms with Crippen LogP contribution >= 0.6 is 0 Å². The Kier molecular flexibility index (Phi) is 13.2. The fourth-order valence-corrected chi connectivity index (χ4v) is 7.93. The predicted molar refractivity (Wildman–Crippen MR) is 231 cm³/mol. The van der Waals surface area contributed by atoms with Gasteiger partial charge in [0.2, 0.25) is 0 Å². The Morgan fingerprint density at radius 1 is 0.263 bits per heavy atom. The van der Waals surface area contributed by atoms with Crippen LogP contribution in [0.2, 0.25) is 0 Å². The highest BCUT2D eigenvalue weighted by Gasteiger charge is 2.29. The lowest BCUT2D eigenvalue weighted by Gasteiger charge is -2.21. The number of carbonyl (C=O) groups excluding carboxylic acids is 3. The van der Waals surface area contributed by atoms with Crippen LogP contribution in [0.1, 0.15) is 64.5 Å². The van der Waals surface area contributed by atoms with Gasteiger partial charge in [-0.3, -0.25) is 14.4 Å². The molecule has 7 rings (SSSR count). The number of Topliss-reactive ketones (excluding diaryl/α,β-unsaturated/α-hetero) is 3. The van der Waals surface area contributed by atoms with Crippen molar-refractivity contribution in [2.45, 2.75) is 38.5 Å². The van der Waals surface area contributed by atoms with E-state index in [-0.39, 0.29) is 17.3 Å². The van der Waals surface area contributed by atoms with E-state index in [0.29, 0.717) is 55.2 Å². The highest BCUT2D eigenvalue weighted by Crippen LogP contribution is 2.28. The van der Waals surface area contributed by atoms with Gasteiger partial charge in [-0.1, -0.05) is 182 Å². The number of carbonyl (C=O) groups is 3. The maximum Gasteiger partial charge on any atom is 0.166 e. The number of hydrogen-bond acceptors (Lipinski definition) is 3. The smallest absolute Gasteiger partial charge is 0.166 e. The summed E-state index contributed by atoms with van der Waals surface area (Å²) in [6.45, 7) is 0. The monoisotopic (exact) mass is 744 g/mol. The maximum absolute atomic E-state index is 15.0. The summed E-state index contributed by atoms with van der Waals surface area (Å²) < 4.78 is 0. The molecule has 0 saturated carbocycles. The van der Waals surface area contributed by atoms with E-state index in [2.05, 4.69) is 72.8 Å². The average Bonchev–Trinajstić information content (AvgIpc) is 3.27. The Balaban J connectivity index is 1.32. The summed E-state index contributed by atoms with van der Waals surface area (Å²) in [5, 5.41) is 0. The minimum Gasteiger partial charge on any atom is -0.294 e. The van der Waals surface area contributed by atoms with Gasteiger partial charge in [-0.05, 0) is 90.1 Å². The first-order valence-electron chi connectivity index (χ1n) is 20.0. The molecule has 0 aromatic heterocycles. The van der Waals surface area contributed by atoms with E-state index in [1.807, 2.05) is 109 Å². The molecule has 0 N–H and O–H groups in total. The second-order valence-electron chi connectivity index (χ2n) is 15.1. The number of ketones is 3. The van der Waals surface area contributed by atoms with Gasteiger partial charge in [0.1, 0.15) is 0 Å². The van der Waals surface area contributed by atoms with Gasteiger partial charge in [-0.15, -0.1) is 0 Å². The third-order valence-electron chi connectivity index (χ3n) is 10.8. The first-order chi connectivity index (χ1) is 28.0. The SMILES string of the molecule is O=C(c1cc(C(=O)C(Cc2ccccc2)Cc2ccccc2)cc(C(=O)C(Cc2ccccc2)Cc2ccccc2)c1)C(Cc1ccccc1)Cc1ccccc1. The maximum atomic E-state index is 15.0. The topological polar surface area (TPSA) is 51.2 Å². The van der Waals surface area contributed by atoms with Crippen molar-refractivity contribution in [2.24, 2.45) is 17.8 Å². The second-order valence-corrected chi connectivity index (χ2v) is 15.1. The van der Waals surface area contributed by atoms with Gasteiger partial charge in [-0.2, -0.15) is 0 Å². The zero-order valence-electron chi connectivity index (χ0n) is 32.3. The van der Waals surface area contributed by atoms with Gasteiger partial charge in [0.05, 0.1) is 0 Å². The molecule has 7 aromatic rings. The highest BCUT2D eigenvalue weighted by molar-refractivity contribution is 6.08. The van der Waals surface area contributed by atoms with Crippen LogP contribution in [-0.4, -0.2) is 17.3 Å². The summed E-state index contributed by atoms with van der Waals surface area (Å²) in [6.07, 6.45) is 3.20. The summed E-state index contributed by atoms with van der Waals surface area (Å²) in [7, 11) is 0. The Morgan fingerprint density at radius 2 is 0.421 bits per heavy atom. The van der Waals surface area contributed by atoms with Crippen LogP contribution in [0.3, 0.4) is 0 Å². The molecule has 0 saturated heterocycles. The summed E-state index contributed by atoms with van der Waals surface area (Å²) in [5.41, 5.74) is 7.57. The lowest BCUT2D eigenvalue weighted by molar-refractivity contribution is 0.0917. The van der Waals surface area contributed by atoms with E-state index < -0.39 is 17.8 Å². The molecule has 3 heteroatoms. The van der Waals surface area contributed by atoms with Crippen LogP contribution in [0.5, 0.6) is 0 Å². The molecule has 0 spiro atoms. The molecule has 3 nitrogen and oxygen atoms in total. The van der Waals surface area contributed by atoms with Crippen molar-refractivity contribution in [1.82, 2.24) is 0 Å². The first kappa shape index (κ1) is 38.8. The van der Waals surface area contributed by atoms with Crippen molar-refractivity contribution in [3.8, 4) is 0 Å². The standard InChI is InChI=1S/C54H48O3/c55-52(46(31-40-19-7-1-8-20-40)32-41-21-9-2-10-22-41)49-37-50(53(56)47(33-42-23-11-3-12-24-42)34-43-25-13-4-14-26-43)39-51(38-49)54(57)48(35-44-27-15-5-16-28-44)36-45-29-17-6-18-30-45/h1-30,37-39,46-48H,31-36H2. The molecule has 0 unspecified atom stereocenters. The molecule has 0 radical (unpaired) electrons. The van der Waals surface area contributed by atoms with Crippen molar-refractivity contribution in [3.63, 3.8) is 0 Å². The largest absolute Gasteiger partial charge is 0.294 e. The van der Waals surface area contributed by atoms with E-state index in [1.54, 1.807) is 18.2 Å². The van der Waals surface area contributed by atoms with Crippen LogP contribution in [0.25, 0.3) is 0 Å².